The highest BCUT2D eigenvalue weighted by Crippen LogP contribution is 2.32. The van der Waals surface area contributed by atoms with Crippen LogP contribution in [0, 0.1) is 60.3 Å². The van der Waals surface area contributed by atoms with Gasteiger partial charge in [0.05, 0.1) is 58.5 Å². The van der Waals surface area contributed by atoms with Crippen LogP contribution >= 0.6 is 0 Å². The van der Waals surface area contributed by atoms with Crippen molar-refractivity contribution in [2.75, 3.05) is 0 Å². The summed E-state index contributed by atoms with van der Waals surface area (Å²) in [6, 6.07) is 89.1. The van der Waals surface area contributed by atoms with Gasteiger partial charge in [0.1, 0.15) is 11.4 Å². The maximum absolute atomic E-state index is 4.79. The number of benzene rings is 10. The van der Waals surface area contributed by atoms with Gasteiger partial charge in [-0.1, -0.05) is 227 Å². The van der Waals surface area contributed by atoms with E-state index in [9.17, 15) is 0 Å². The number of fused-ring (bicyclic) bond motifs is 5. The number of hydrogen-bond donors (Lipinski definition) is 0. The summed E-state index contributed by atoms with van der Waals surface area (Å²) in [5, 5.41) is 6.07. The van der Waals surface area contributed by atoms with Crippen LogP contribution in [0.1, 0.15) is 77.8 Å². The van der Waals surface area contributed by atoms with Crippen LogP contribution in [0.25, 0.3) is 111 Å². The Morgan fingerprint density at radius 1 is 0.330 bits per heavy atom. The summed E-state index contributed by atoms with van der Waals surface area (Å²) < 4.78 is 4.25. The molecule has 0 aliphatic carbocycles. The Labute approximate surface area is 574 Å². The van der Waals surface area contributed by atoms with Crippen molar-refractivity contribution in [1.82, 2.24) is 24.9 Å². The molecule has 0 aliphatic heterocycles. The summed E-state index contributed by atoms with van der Waals surface area (Å²) >= 11 is 0. The molecule has 7 heteroatoms. The molecule has 0 bridgehead atoms. The molecule has 0 aliphatic rings. The van der Waals surface area contributed by atoms with Crippen LogP contribution in [0.15, 0.2) is 267 Å². The average Bonchev–Trinajstić information content (AvgIpc) is 0.786. The van der Waals surface area contributed by atoms with Crippen molar-refractivity contribution in [3.05, 3.63) is 318 Å². The summed E-state index contributed by atoms with van der Waals surface area (Å²) in [5.41, 5.74) is 28.7. The Morgan fingerprint density at radius 3 is 1.56 bits per heavy atom. The lowest BCUT2D eigenvalue weighted by atomic mass is 9.96. The number of hydrogen-bond acceptors (Lipinski definition) is 5. The van der Waals surface area contributed by atoms with Gasteiger partial charge in [-0.15, -0.1) is 0 Å². The van der Waals surface area contributed by atoms with Crippen molar-refractivity contribution in [3.63, 3.8) is 0 Å². The van der Waals surface area contributed by atoms with E-state index in [0.29, 0.717) is 11.8 Å². The monoisotopic (exact) mass is 1270 g/mol. The molecule has 5 aromatic heterocycles. The molecule has 0 unspecified atom stereocenters. The second kappa shape index (κ2) is 31.1. The fourth-order valence-corrected chi connectivity index (χ4v) is 12.9. The first-order valence-corrected chi connectivity index (χ1v) is 33.9. The standard InChI is InChI=1S/2C20H23N2.C18H17N.2C16H13N/c1-14(2)12-16-9-7-11-18-19(16)21-13-22(4)20(18)17-10-6-5-8-15(17)3;1-14(2)11-16-9-10-18-19(12-16)21-13-22(4)20(18)17-8-6-5-7-15(17)3;1-12-4-5-15-6-7-17(19-18(15)11-12)16-9-13(2)8-14(3)10-16;1-12-6-5-9-16-14(12)10-11-15(17-16)13-7-3-2-4-8-13;1-12-11-14-9-5-6-10-15(14)17-16(12)13-7-3-2-4-8-13/h5-11,13-14H,12H2,1-4H3;5-10,12-14H,11H2,1-4H3;4-11H,1-3H3;2*2-11H,1H3/q2*+1;;;. The van der Waals surface area contributed by atoms with Crippen LogP contribution in [0.2, 0.25) is 0 Å². The lowest BCUT2D eigenvalue weighted by molar-refractivity contribution is -0.662. The minimum Gasteiger partial charge on any atom is -0.248 e. The minimum atomic E-state index is 0.628. The van der Waals surface area contributed by atoms with Crippen molar-refractivity contribution in [2.24, 2.45) is 25.9 Å². The Hall–Kier alpha value is -10.9. The van der Waals surface area contributed by atoms with Gasteiger partial charge in [0.2, 0.25) is 0 Å². The fraction of sp³-hybridized carbons (Fsp3) is 0.189. The molecule has 0 radical (unpaired) electrons. The van der Waals surface area contributed by atoms with Crippen molar-refractivity contribution >= 4 is 54.5 Å². The van der Waals surface area contributed by atoms with Crippen LogP contribution in [0.5, 0.6) is 0 Å². The van der Waals surface area contributed by atoms with Gasteiger partial charge in [-0.2, -0.15) is 0 Å². The van der Waals surface area contributed by atoms with Gasteiger partial charge < -0.3 is 0 Å². The van der Waals surface area contributed by atoms with E-state index in [4.69, 9.17) is 19.9 Å². The number of pyridine rings is 3. The van der Waals surface area contributed by atoms with E-state index in [1.165, 1.54) is 111 Å². The van der Waals surface area contributed by atoms with E-state index in [0.717, 1.165) is 63.1 Å². The summed E-state index contributed by atoms with van der Waals surface area (Å²) in [5.74, 6) is 1.29. The van der Waals surface area contributed by atoms with E-state index in [1.54, 1.807) is 0 Å². The topological polar surface area (TPSA) is 72.2 Å². The third-order valence-electron chi connectivity index (χ3n) is 17.5. The largest absolute Gasteiger partial charge is 0.287 e. The van der Waals surface area contributed by atoms with E-state index in [-0.39, 0.29) is 0 Å². The number of aromatic nitrogens is 7. The van der Waals surface area contributed by atoms with Crippen LogP contribution in [-0.2, 0) is 26.9 Å². The van der Waals surface area contributed by atoms with Gasteiger partial charge in [-0.25, -0.2) is 24.1 Å². The van der Waals surface area contributed by atoms with Crippen LogP contribution in [0.3, 0.4) is 0 Å². The molecular formula is C90H89N7+2. The number of rotatable bonds is 9. The molecule has 15 aromatic rings. The summed E-state index contributed by atoms with van der Waals surface area (Å²) in [7, 11) is 4.14. The molecular weight excluding hydrogens is 1180 g/mol. The highest BCUT2D eigenvalue weighted by Gasteiger charge is 2.20. The zero-order valence-electron chi connectivity index (χ0n) is 58.6. The normalized spacial score (nSPS) is 11.0. The molecule has 5 heterocycles. The fourth-order valence-electron chi connectivity index (χ4n) is 12.9. The highest BCUT2D eigenvalue weighted by molar-refractivity contribution is 5.94. The molecule has 0 spiro atoms. The van der Waals surface area contributed by atoms with E-state index in [1.807, 2.05) is 61.2 Å². The van der Waals surface area contributed by atoms with E-state index in [2.05, 4.69) is 311 Å². The smallest absolute Gasteiger partial charge is 0.248 e. The molecule has 0 fully saturated rings. The van der Waals surface area contributed by atoms with Gasteiger partial charge in [-0.05, 0) is 183 Å². The molecule has 482 valence electrons. The number of nitrogens with zero attached hydrogens (tertiary/aromatic N) is 7. The molecule has 0 saturated heterocycles. The molecule has 0 saturated carbocycles. The molecule has 0 atom stereocenters. The second-order valence-electron chi connectivity index (χ2n) is 26.6. The average molecular weight is 1270 g/mol. The van der Waals surface area contributed by atoms with Crippen LogP contribution < -0.4 is 9.13 Å². The summed E-state index contributed by atoms with van der Waals surface area (Å²) in [4.78, 5) is 23.6. The first-order valence-electron chi connectivity index (χ1n) is 33.9. The van der Waals surface area contributed by atoms with Gasteiger partial charge in [0, 0.05) is 49.5 Å². The molecule has 10 aromatic carbocycles. The molecule has 0 amide bonds. The Morgan fingerprint density at radius 2 is 0.876 bits per heavy atom. The van der Waals surface area contributed by atoms with Gasteiger partial charge >= 0.3 is 0 Å². The van der Waals surface area contributed by atoms with Crippen molar-refractivity contribution in [3.8, 4) is 56.3 Å². The lowest BCUT2D eigenvalue weighted by Crippen LogP contribution is -2.32. The minimum absolute atomic E-state index is 0.628. The quantitative estimate of drug-likeness (QED) is 0.135. The number of aryl methyl sites for hydroxylation is 9. The van der Waals surface area contributed by atoms with Crippen molar-refractivity contribution < 1.29 is 9.13 Å². The van der Waals surface area contributed by atoms with Crippen LogP contribution in [0.4, 0.5) is 0 Å². The first kappa shape index (κ1) is 67.5. The highest BCUT2D eigenvalue weighted by atomic mass is 15.0. The molecule has 7 nitrogen and oxygen atoms in total. The maximum atomic E-state index is 4.79. The third-order valence-corrected chi connectivity index (χ3v) is 17.5. The SMILES string of the molecule is Cc1cc(C)cc(-c2ccc3ccc(C)cc3n2)c1.Cc1cc2ccccc2nc1-c1ccccc1.Cc1cccc2nc(-c3ccccc3)ccc12.Cc1ccccc1-c1c2ccc(CC(C)C)cc2nc[n+]1C.Cc1ccccc1-c1c2cccc(CC(C)C)c2nc[n+]1C. The second-order valence-corrected chi connectivity index (χ2v) is 26.6. The number of para-hydroxylation sites is 2. The van der Waals surface area contributed by atoms with Crippen molar-refractivity contribution in [1.29, 1.82) is 0 Å². The zero-order valence-corrected chi connectivity index (χ0v) is 58.6. The van der Waals surface area contributed by atoms with E-state index >= 15 is 0 Å². The van der Waals surface area contributed by atoms with Gasteiger partial charge in [0.25, 0.3) is 12.7 Å². The molecule has 97 heavy (non-hydrogen) atoms. The van der Waals surface area contributed by atoms with E-state index < -0.39 is 0 Å². The van der Waals surface area contributed by atoms with Crippen molar-refractivity contribution in [2.45, 2.75) is 89.0 Å². The Bertz CT molecular complexity index is 5210. The molecule has 15 rings (SSSR count). The Kier molecular flexibility index (Phi) is 21.7. The predicted molar refractivity (Wildman–Crippen MR) is 408 cm³/mol. The van der Waals surface area contributed by atoms with Gasteiger partial charge in [-0.3, -0.25) is 0 Å². The first-order chi connectivity index (χ1) is 46.9. The lowest BCUT2D eigenvalue weighted by Gasteiger charge is -2.11. The third kappa shape index (κ3) is 16.6. The maximum Gasteiger partial charge on any atom is 0.287 e. The summed E-state index contributed by atoms with van der Waals surface area (Å²) in [6.07, 6.45) is 6.01. The van der Waals surface area contributed by atoms with Crippen LogP contribution in [-0.4, -0.2) is 24.9 Å². The zero-order chi connectivity index (χ0) is 68.1. The predicted octanol–water partition coefficient (Wildman–Crippen LogP) is 21.7. The Balaban J connectivity index is 0.000000123. The summed E-state index contributed by atoms with van der Waals surface area (Å²) in [6.45, 7) is 23.9. The van der Waals surface area contributed by atoms with Gasteiger partial charge in [0.15, 0.2) is 11.0 Å². The molecule has 0 N–H and O–H groups in total.